The maximum Gasteiger partial charge on any atom is 0.254 e. The van der Waals surface area contributed by atoms with Crippen molar-refractivity contribution in [3.63, 3.8) is 0 Å². The second-order valence-electron chi connectivity index (χ2n) is 13.0. The van der Waals surface area contributed by atoms with Crippen molar-refractivity contribution in [1.82, 2.24) is 31.2 Å². The molecule has 0 spiro atoms. The molecule has 1 aromatic rings. The summed E-state index contributed by atoms with van der Waals surface area (Å²) in [5.41, 5.74) is 11.3. The maximum absolute atomic E-state index is 13.7. The number of pyridine rings is 1. The van der Waals surface area contributed by atoms with Gasteiger partial charge in [-0.3, -0.25) is 9.59 Å². The molecule has 0 radical (unpaired) electrons. The van der Waals surface area contributed by atoms with Gasteiger partial charge in [0.1, 0.15) is 0 Å². The molecule has 2 saturated carbocycles. The molecule has 5 atom stereocenters. The van der Waals surface area contributed by atoms with Gasteiger partial charge in [-0.2, -0.15) is 5.53 Å². The molecule has 6 fully saturated rings. The van der Waals surface area contributed by atoms with E-state index in [-0.39, 0.29) is 11.8 Å². The fourth-order valence-electron chi connectivity index (χ4n) is 7.55. The zero-order chi connectivity index (χ0) is 27.1. The lowest BCUT2D eigenvalue weighted by Crippen LogP contribution is -2.45. The highest BCUT2D eigenvalue weighted by atomic mass is 16.5. The first kappa shape index (κ1) is 26.6. The Hall–Kier alpha value is -2.27. The van der Waals surface area contributed by atoms with Gasteiger partial charge in [-0.05, 0) is 81.6 Å². The third-order valence-corrected chi connectivity index (χ3v) is 10.3. The molecule has 7 rings (SSSR count). The Morgan fingerprint density at radius 3 is 2.40 bits per heavy atom. The van der Waals surface area contributed by atoms with Crippen LogP contribution >= 0.6 is 0 Å². The Morgan fingerprint density at radius 1 is 0.900 bits per heavy atom. The van der Waals surface area contributed by atoms with Crippen LogP contribution in [0.25, 0.3) is 0 Å². The molecule has 1 aromatic heterocycles. The van der Waals surface area contributed by atoms with Gasteiger partial charge in [0, 0.05) is 80.6 Å². The lowest BCUT2D eigenvalue weighted by Gasteiger charge is -2.32. The van der Waals surface area contributed by atoms with E-state index < -0.39 is 0 Å². The van der Waals surface area contributed by atoms with Crippen molar-refractivity contribution in [3.05, 3.63) is 23.4 Å². The van der Waals surface area contributed by atoms with Gasteiger partial charge in [-0.15, -0.1) is 0 Å². The number of carbonyl (C=O) groups is 2. The number of nitrogens with one attached hydrogen (secondary N) is 3. The Morgan fingerprint density at radius 2 is 1.65 bits per heavy atom. The summed E-state index contributed by atoms with van der Waals surface area (Å²) in [5.74, 6) is 3.03. The number of amides is 2. The first-order chi connectivity index (χ1) is 19.6. The van der Waals surface area contributed by atoms with Gasteiger partial charge in [0.25, 0.3) is 5.91 Å². The van der Waals surface area contributed by atoms with Crippen molar-refractivity contribution in [3.8, 4) is 5.88 Å². The molecule has 218 valence electrons. The number of rotatable bonds is 6. The van der Waals surface area contributed by atoms with Gasteiger partial charge in [-0.1, -0.05) is 0 Å². The van der Waals surface area contributed by atoms with Gasteiger partial charge in [0.2, 0.25) is 11.8 Å². The van der Waals surface area contributed by atoms with Crippen LogP contribution < -0.4 is 21.1 Å². The highest BCUT2D eigenvalue weighted by Crippen LogP contribution is 2.40. The molecule has 0 bridgehead atoms. The average molecular weight is 553 g/mol. The zero-order valence-corrected chi connectivity index (χ0v) is 23.5. The van der Waals surface area contributed by atoms with Crippen molar-refractivity contribution in [1.29, 1.82) is 0 Å². The molecule has 6 aliphatic rings. The summed E-state index contributed by atoms with van der Waals surface area (Å²) in [4.78, 5) is 36.1. The summed E-state index contributed by atoms with van der Waals surface area (Å²) in [6.07, 6.45) is 9.10. The van der Waals surface area contributed by atoms with Crippen LogP contribution in [0, 0.1) is 23.7 Å². The molecular weight excluding hydrogens is 508 g/mol. The van der Waals surface area contributed by atoms with Crippen molar-refractivity contribution in [2.24, 2.45) is 23.7 Å². The number of likely N-dealkylation sites (tertiary alicyclic amines) is 2. The molecule has 3 N–H and O–H groups in total. The highest BCUT2D eigenvalue weighted by molar-refractivity contribution is 5.94. The summed E-state index contributed by atoms with van der Waals surface area (Å²) in [6.45, 7) is 5.39. The van der Waals surface area contributed by atoms with Crippen LogP contribution in [-0.2, 0) is 9.53 Å². The number of nitrogens with zero attached hydrogens (tertiary/aromatic N) is 3. The molecule has 4 aliphatic heterocycles. The summed E-state index contributed by atoms with van der Waals surface area (Å²) in [7, 11) is 0. The number of ether oxygens (including phenoxy) is 2. The van der Waals surface area contributed by atoms with Crippen LogP contribution in [-0.4, -0.2) is 84.7 Å². The molecular formula is C30H44N6O4. The van der Waals surface area contributed by atoms with E-state index >= 15 is 0 Å². The maximum atomic E-state index is 13.7. The molecule has 40 heavy (non-hydrogen) atoms. The van der Waals surface area contributed by atoms with Crippen LogP contribution in [0.15, 0.2) is 12.1 Å². The van der Waals surface area contributed by atoms with Crippen LogP contribution in [0.4, 0.5) is 0 Å². The normalized spacial score (nSPS) is 32.9. The van der Waals surface area contributed by atoms with Crippen molar-refractivity contribution in [2.45, 2.75) is 75.8 Å². The van der Waals surface area contributed by atoms with Gasteiger partial charge in [0.15, 0.2) is 0 Å². The van der Waals surface area contributed by atoms with Crippen LogP contribution in [0.5, 0.6) is 5.88 Å². The SMILES string of the molecule is O=C(c1cc(OCC2CCOCC2)nc(C2CC2)c1)N1CC[C@@H]2CN(C(=O)[C@H]3CCC4NNNC4C3)C[C@@H]2CC1. The third-order valence-electron chi connectivity index (χ3n) is 10.3. The summed E-state index contributed by atoms with van der Waals surface area (Å²) in [5, 5.41) is 0. The number of carbonyl (C=O) groups excluding carboxylic acids is 2. The molecule has 2 unspecified atom stereocenters. The second-order valence-corrected chi connectivity index (χ2v) is 13.0. The number of fused-ring (bicyclic) bond motifs is 2. The lowest BCUT2D eigenvalue weighted by molar-refractivity contribution is -0.136. The molecule has 5 heterocycles. The highest BCUT2D eigenvalue weighted by Gasteiger charge is 2.42. The summed E-state index contributed by atoms with van der Waals surface area (Å²) < 4.78 is 11.6. The molecule has 2 amide bonds. The van der Waals surface area contributed by atoms with E-state index in [0.717, 1.165) is 103 Å². The summed E-state index contributed by atoms with van der Waals surface area (Å²) >= 11 is 0. The predicted octanol–water partition coefficient (Wildman–Crippen LogP) is 2.22. The Bertz CT molecular complexity index is 1080. The van der Waals surface area contributed by atoms with E-state index in [0.29, 0.717) is 59.7 Å². The van der Waals surface area contributed by atoms with Gasteiger partial charge in [0.05, 0.1) is 6.61 Å². The first-order valence-electron chi connectivity index (χ1n) is 15.7. The fraction of sp³-hybridized carbons (Fsp3) is 0.767. The molecule has 2 aliphatic carbocycles. The smallest absolute Gasteiger partial charge is 0.254 e. The van der Waals surface area contributed by atoms with E-state index in [9.17, 15) is 9.59 Å². The average Bonchev–Trinajstić information content (AvgIpc) is 3.66. The molecule has 10 nitrogen and oxygen atoms in total. The Labute approximate surface area is 236 Å². The fourth-order valence-corrected chi connectivity index (χ4v) is 7.55. The number of hydrogen-bond donors (Lipinski definition) is 3. The molecule has 4 saturated heterocycles. The minimum Gasteiger partial charge on any atom is -0.477 e. The standard InChI is InChI=1S/C30H44N6O4/c37-29(21-3-4-25-27(13-21)33-34-32-25)36-16-22-5-9-35(10-6-23(22)17-36)30(38)24-14-26(20-1-2-20)31-28(15-24)40-18-19-7-11-39-12-8-19/h14-15,19-23,25,27,32-34H,1-13,16-18H2/t21-,22-,23+,25?,27?/m0/s1. The minimum absolute atomic E-state index is 0.0937. The number of hydrazine groups is 2. The van der Waals surface area contributed by atoms with Crippen molar-refractivity contribution in [2.75, 3.05) is 46.0 Å². The second kappa shape index (κ2) is 11.5. The van der Waals surface area contributed by atoms with Crippen molar-refractivity contribution < 1.29 is 19.1 Å². The lowest BCUT2D eigenvalue weighted by atomic mass is 9.82. The molecule has 0 aromatic carbocycles. The first-order valence-corrected chi connectivity index (χ1v) is 15.7. The minimum atomic E-state index is 0.0937. The van der Waals surface area contributed by atoms with Crippen molar-refractivity contribution >= 4 is 11.8 Å². The van der Waals surface area contributed by atoms with E-state index in [1.54, 1.807) is 0 Å². The van der Waals surface area contributed by atoms with Crippen LogP contribution in [0.3, 0.4) is 0 Å². The van der Waals surface area contributed by atoms with Gasteiger partial charge in [-0.25, -0.2) is 15.8 Å². The van der Waals surface area contributed by atoms with Gasteiger partial charge >= 0.3 is 0 Å². The van der Waals surface area contributed by atoms with E-state index in [1.807, 2.05) is 17.0 Å². The zero-order valence-electron chi connectivity index (χ0n) is 23.5. The van der Waals surface area contributed by atoms with E-state index in [1.165, 1.54) is 0 Å². The molecule has 10 heteroatoms. The van der Waals surface area contributed by atoms with E-state index in [2.05, 4.69) is 21.3 Å². The quantitative estimate of drug-likeness (QED) is 0.493. The van der Waals surface area contributed by atoms with E-state index in [4.69, 9.17) is 14.5 Å². The monoisotopic (exact) mass is 552 g/mol. The van der Waals surface area contributed by atoms with Crippen LogP contribution in [0.2, 0.25) is 0 Å². The van der Waals surface area contributed by atoms with Crippen LogP contribution in [0.1, 0.15) is 79.8 Å². The Balaban J connectivity index is 0.959. The van der Waals surface area contributed by atoms with Gasteiger partial charge < -0.3 is 19.3 Å². The number of hydrogen-bond acceptors (Lipinski definition) is 8. The third kappa shape index (κ3) is 5.73. The largest absolute Gasteiger partial charge is 0.477 e. The summed E-state index contributed by atoms with van der Waals surface area (Å²) in [6, 6.07) is 4.62. The number of aromatic nitrogens is 1. The Kier molecular flexibility index (Phi) is 7.68. The topological polar surface area (TPSA) is 108 Å². The predicted molar refractivity (Wildman–Crippen MR) is 148 cm³/mol.